The highest BCUT2D eigenvalue weighted by molar-refractivity contribution is 14.1. The number of amides is 1. The fourth-order valence-corrected chi connectivity index (χ4v) is 1.28. The van der Waals surface area contributed by atoms with Crippen LogP contribution in [0, 0.1) is 3.57 Å². The van der Waals surface area contributed by atoms with Gasteiger partial charge in [0.05, 0.1) is 12.9 Å². The predicted molar refractivity (Wildman–Crippen MR) is 68.6 cm³/mol. The summed E-state index contributed by atoms with van der Waals surface area (Å²) in [6, 6.07) is 7.58. The van der Waals surface area contributed by atoms with Gasteiger partial charge < -0.3 is 10.1 Å². The van der Waals surface area contributed by atoms with Gasteiger partial charge in [-0.3, -0.25) is 4.79 Å². The molecule has 0 atom stereocenters. The molecule has 1 amide bonds. The van der Waals surface area contributed by atoms with Gasteiger partial charge in [-0.05, 0) is 53.8 Å². The number of hydrogen-bond acceptors (Lipinski definition) is 2. The fourth-order valence-electron chi connectivity index (χ4n) is 0.923. The SMILES string of the molecule is CCO/C=C/C(=O)Nc1ccc(I)cc1. The standard InChI is InChI=1S/C11H12INO2/c1-2-15-8-7-11(14)13-10-5-3-9(12)4-6-10/h3-8H,2H2,1H3,(H,13,14)/b8-7+. The van der Waals surface area contributed by atoms with Gasteiger partial charge in [-0.2, -0.15) is 0 Å². The van der Waals surface area contributed by atoms with Crippen molar-refractivity contribution in [2.75, 3.05) is 11.9 Å². The second-order valence-corrected chi connectivity index (χ2v) is 4.00. The van der Waals surface area contributed by atoms with Crippen LogP contribution in [0.5, 0.6) is 0 Å². The van der Waals surface area contributed by atoms with Crippen LogP contribution in [0.1, 0.15) is 6.92 Å². The number of nitrogens with one attached hydrogen (secondary N) is 1. The van der Waals surface area contributed by atoms with Crippen LogP contribution in [0.3, 0.4) is 0 Å². The molecule has 0 fully saturated rings. The number of ether oxygens (including phenoxy) is 1. The first-order chi connectivity index (χ1) is 7.22. The minimum atomic E-state index is -0.190. The van der Waals surface area contributed by atoms with Gasteiger partial charge in [-0.1, -0.05) is 0 Å². The lowest BCUT2D eigenvalue weighted by Gasteiger charge is -2.01. The lowest BCUT2D eigenvalue weighted by atomic mass is 10.3. The largest absolute Gasteiger partial charge is 0.501 e. The van der Waals surface area contributed by atoms with Gasteiger partial charge in [0.1, 0.15) is 0 Å². The van der Waals surface area contributed by atoms with E-state index in [1.807, 2.05) is 31.2 Å². The topological polar surface area (TPSA) is 38.3 Å². The fraction of sp³-hybridized carbons (Fsp3) is 0.182. The summed E-state index contributed by atoms with van der Waals surface area (Å²) in [6.45, 7) is 2.43. The molecular formula is C11H12INO2. The summed E-state index contributed by atoms with van der Waals surface area (Å²) in [4.78, 5) is 11.3. The van der Waals surface area contributed by atoms with Crippen molar-refractivity contribution < 1.29 is 9.53 Å². The summed E-state index contributed by atoms with van der Waals surface area (Å²) in [5.74, 6) is -0.190. The molecule has 0 aliphatic rings. The van der Waals surface area contributed by atoms with Crippen LogP contribution >= 0.6 is 22.6 Å². The van der Waals surface area contributed by atoms with Crippen molar-refractivity contribution in [3.63, 3.8) is 0 Å². The Morgan fingerprint density at radius 1 is 1.47 bits per heavy atom. The van der Waals surface area contributed by atoms with E-state index in [-0.39, 0.29) is 5.91 Å². The molecule has 1 aromatic rings. The summed E-state index contributed by atoms with van der Waals surface area (Å²) < 4.78 is 6.05. The van der Waals surface area contributed by atoms with E-state index in [0.29, 0.717) is 6.61 Å². The molecule has 0 aliphatic heterocycles. The lowest BCUT2D eigenvalue weighted by Crippen LogP contribution is -2.07. The van der Waals surface area contributed by atoms with E-state index in [4.69, 9.17) is 4.74 Å². The maximum Gasteiger partial charge on any atom is 0.251 e. The summed E-state index contributed by atoms with van der Waals surface area (Å²) in [7, 11) is 0. The molecule has 15 heavy (non-hydrogen) atoms. The van der Waals surface area contributed by atoms with Crippen molar-refractivity contribution in [3.8, 4) is 0 Å². The smallest absolute Gasteiger partial charge is 0.251 e. The van der Waals surface area contributed by atoms with E-state index in [1.165, 1.54) is 12.3 Å². The highest BCUT2D eigenvalue weighted by Gasteiger charge is 1.96. The summed E-state index contributed by atoms with van der Waals surface area (Å²) >= 11 is 2.21. The molecule has 0 saturated carbocycles. The van der Waals surface area contributed by atoms with Gasteiger partial charge in [0.25, 0.3) is 5.91 Å². The summed E-state index contributed by atoms with van der Waals surface area (Å²) in [6.07, 6.45) is 2.75. The minimum absolute atomic E-state index is 0.190. The molecule has 0 bridgehead atoms. The monoisotopic (exact) mass is 317 g/mol. The lowest BCUT2D eigenvalue weighted by molar-refractivity contribution is -0.112. The van der Waals surface area contributed by atoms with E-state index in [0.717, 1.165) is 9.26 Å². The maximum atomic E-state index is 11.3. The molecule has 80 valence electrons. The molecule has 0 heterocycles. The molecule has 0 aliphatic carbocycles. The number of carbonyl (C=O) groups excluding carboxylic acids is 1. The van der Waals surface area contributed by atoms with Crippen LogP contribution in [-0.4, -0.2) is 12.5 Å². The van der Waals surface area contributed by atoms with Gasteiger partial charge in [-0.25, -0.2) is 0 Å². The Bertz CT molecular complexity index is 346. The third-order valence-electron chi connectivity index (χ3n) is 1.59. The van der Waals surface area contributed by atoms with Crippen LogP contribution in [0.25, 0.3) is 0 Å². The Balaban J connectivity index is 2.48. The van der Waals surface area contributed by atoms with Crippen molar-refractivity contribution >= 4 is 34.2 Å². The Morgan fingerprint density at radius 2 is 2.13 bits per heavy atom. The molecule has 0 saturated heterocycles. The molecule has 0 aromatic heterocycles. The first-order valence-corrected chi connectivity index (χ1v) is 5.65. The van der Waals surface area contributed by atoms with E-state index in [9.17, 15) is 4.79 Å². The molecule has 0 spiro atoms. The van der Waals surface area contributed by atoms with E-state index >= 15 is 0 Å². The van der Waals surface area contributed by atoms with Crippen molar-refractivity contribution in [3.05, 3.63) is 40.2 Å². The van der Waals surface area contributed by atoms with Crippen molar-refractivity contribution in [1.29, 1.82) is 0 Å². The third kappa shape index (κ3) is 4.83. The zero-order valence-electron chi connectivity index (χ0n) is 8.37. The normalized spacial score (nSPS) is 10.3. The van der Waals surface area contributed by atoms with Crippen LogP contribution in [0.4, 0.5) is 5.69 Å². The van der Waals surface area contributed by atoms with Gasteiger partial charge in [0, 0.05) is 15.3 Å². The average Bonchev–Trinajstić information content (AvgIpc) is 2.22. The second-order valence-electron chi connectivity index (χ2n) is 2.75. The molecule has 1 rings (SSSR count). The Labute approximate surface area is 103 Å². The second kappa shape index (κ2) is 6.44. The predicted octanol–water partition coefficient (Wildman–Crippen LogP) is 2.78. The zero-order valence-corrected chi connectivity index (χ0v) is 10.5. The molecule has 0 unspecified atom stereocenters. The molecule has 1 N–H and O–H groups in total. The number of hydrogen-bond donors (Lipinski definition) is 1. The Kier molecular flexibility index (Phi) is 5.17. The van der Waals surface area contributed by atoms with Crippen LogP contribution < -0.4 is 5.32 Å². The quantitative estimate of drug-likeness (QED) is 0.527. The summed E-state index contributed by atoms with van der Waals surface area (Å²) in [5.41, 5.74) is 0.779. The first-order valence-electron chi connectivity index (χ1n) is 4.57. The first kappa shape index (κ1) is 12.0. The van der Waals surface area contributed by atoms with E-state index < -0.39 is 0 Å². The van der Waals surface area contributed by atoms with Crippen LogP contribution in [0.15, 0.2) is 36.6 Å². The van der Waals surface area contributed by atoms with Crippen LogP contribution in [-0.2, 0) is 9.53 Å². The van der Waals surface area contributed by atoms with Crippen molar-refractivity contribution in [2.24, 2.45) is 0 Å². The zero-order chi connectivity index (χ0) is 11.1. The van der Waals surface area contributed by atoms with Crippen LogP contribution in [0.2, 0.25) is 0 Å². The molecule has 1 aromatic carbocycles. The van der Waals surface area contributed by atoms with Gasteiger partial charge in [-0.15, -0.1) is 0 Å². The summed E-state index contributed by atoms with van der Waals surface area (Å²) in [5, 5.41) is 2.72. The van der Waals surface area contributed by atoms with Crippen molar-refractivity contribution in [1.82, 2.24) is 0 Å². The number of carbonyl (C=O) groups is 1. The van der Waals surface area contributed by atoms with Gasteiger partial charge in [0.2, 0.25) is 0 Å². The molecule has 0 radical (unpaired) electrons. The highest BCUT2D eigenvalue weighted by Crippen LogP contribution is 2.10. The number of halogens is 1. The third-order valence-corrected chi connectivity index (χ3v) is 2.31. The average molecular weight is 317 g/mol. The maximum absolute atomic E-state index is 11.3. The molecular weight excluding hydrogens is 305 g/mol. The molecule has 4 heteroatoms. The van der Waals surface area contributed by atoms with Gasteiger partial charge in [0.15, 0.2) is 0 Å². The van der Waals surface area contributed by atoms with E-state index in [2.05, 4.69) is 27.9 Å². The highest BCUT2D eigenvalue weighted by atomic mass is 127. The number of benzene rings is 1. The number of rotatable bonds is 4. The van der Waals surface area contributed by atoms with E-state index in [1.54, 1.807) is 0 Å². The Hall–Kier alpha value is -1.04. The van der Waals surface area contributed by atoms with Gasteiger partial charge >= 0.3 is 0 Å². The minimum Gasteiger partial charge on any atom is -0.501 e. The number of anilines is 1. The van der Waals surface area contributed by atoms with Crippen molar-refractivity contribution in [2.45, 2.75) is 6.92 Å². The molecule has 3 nitrogen and oxygen atoms in total. The Morgan fingerprint density at radius 3 is 2.73 bits per heavy atom.